The molecule has 1 N–H and O–H groups in total. The lowest BCUT2D eigenvalue weighted by Gasteiger charge is -2.18. The van der Waals surface area contributed by atoms with E-state index in [1.165, 1.54) is 7.11 Å². The third-order valence-electron chi connectivity index (χ3n) is 5.02. The molecular formula is C25H27N3O4. The maximum Gasteiger partial charge on any atom is 0.407 e. The van der Waals surface area contributed by atoms with Gasteiger partial charge in [-0.2, -0.15) is 10.5 Å². The Morgan fingerprint density at radius 2 is 1.81 bits per heavy atom. The minimum absolute atomic E-state index is 0.0243. The molecule has 0 aromatic heterocycles. The first kappa shape index (κ1) is 24.4. The standard InChI is InChI=1S/C25H27N3O4/c1-4-23(10-11-26)32-25(30)28-17(2)20-7-5-6-18(12-20)13-22(29)14-19-8-9-21(16-27)24(15-19)31-3/h5-9,12,15,17,23H,4,10,13-14H2,1-3H3,(H,28,30)/t17-,23+/m0/s1. The summed E-state index contributed by atoms with van der Waals surface area (Å²) in [6, 6.07) is 16.3. The number of amides is 1. The number of rotatable bonds is 10. The number of carbonyl (C=O) groups is 2. The van der Waals surface area contributed by atoms with Gasteiger partial charge in [-0.05, 0) is 42.2 Å². The second-order valence-corrected chi connectivity index (χ2v) is 7.45. The van der Waals surface area contributed by atoms with Crippen LogP contribution in [0.4, 0.5) is 4.79 Å². The van der Waals surface area contributed by atoms with E-state index in [2.05, 4.69) is 11.4 Å². The van der Waals surface area contributed by atoms with Crippen LogP contribution in [-0.4, -0.2) is 25.1 Å². The second kappa shape index (κ2) is 12.1. The predicted octanol–water partition coefficient (Wildman–Crippen LogP) is 4.40. The van der Waals surface area contributed by atoms with Crippen molar-refractivity contribution in [2.45, 2.75) is 51.7 Å². The number of nitrogens with zero attached hydrogens (tertiary/aromatic N) is 2. The summed E-state index contributed by atoms with van der Waals surface area (Å²) in [5.74, 6) is 0.475. The Hall–Kier alpha value is -3.84. The monoisotopic (exact) mass is 433 g/mol. The van der Waals surface area contributed by atoms with Gasteiger partial charge < -0.3 is 14.8 Å². The van der Waals surface area contributed by atoms with Crippen LogP contribution in [0.25, 0.3) is 0 Å². The van der Waals surface area contributed by atoms with Gasteiger partial charge in [0.1, 0.15) is 23.7 Å². The van der Waals surface area contributed by atoms with Crippen LogP contribution < -0.4 is 10.1 Å². The Kier molecular flexibility index (Phi) is 9.25. The minimum atomic E-state index is -0.573. The van der Waals surface area contributed by atoms with E-state index in [0.29, 0.717) is 17.7 Å². The first-order valence-electron chi connectivity index (χ1n) is 10.4. The van der Waals surface area contributed by atoms with Gasteiger partial charge in [0.2, 0.25) is 0 Å². The molecule has 166 valence electrons. The molecule has 2 aromatic rings. The van der Waals surface area contributed by atoms with Crippen LogP contribution in [0.3, 0.4) is 0 Å². The summed E-state index contributed by atoms with van der Waals surface area (Å²) in [7, 11) is 1.49. The molecule has 0 saturated heterocycles. The molecule has 2 aromatic carbocycles. The summed E-state index contributed by atoms with van der Waals surface area (Å²) >= 11 is 0. The average Bonchev–Trinajstić information content (AvgIpc) is 2.78. The minimum Gasteiger partial charge on any atom is -0.495 e. The summed E-state index contributed by atoms with van der Waals surface area (Å²) in [6.45, 7) is 3.68. The SMILES string of the molecule is CC[C@H](CC#N)OC(=O)N[C@@H](C)c1cccc(CC(=O)Cc2ccc(C#N)c(OC)c2)c1. The number of alkyl carbamates (subject to hydrolysis) is 1. The Morgan fingerprint density at radius 3 is 2.44 bits per heavy atom. The third kappa shape index (κ3) is 7.14. The number of ketones is 1. The molecule has 2 atom stereocenters. The van der Waals surface area contributed by atoms with E-state index in [0.717, 1.165) is 16.7 Å². The Bertz CT molecular complexity index is 1040. The summed E-state index contributed by atoms with van der Waals surface area (Å²) in [4.78, 5) is 24.7. The Morgan fingerprint density at radius 1 is 1.09 bits per heavy atom. The van der Waals surface area contributed by atoms with E-state index >= 15 is 0 Å². The van der Waals surface area contributed by atoms with Crippen molar-refractivity contribution in [3.63, 3.8) is 0 Å². The second-order valence-electron chi connectivity index (χ2n) is 7.45. The van der Waals surface area contributed by atoms with Gasteiger partial charge in [-0.25, -0.2) is 4.79 Å². The largest absolute Gasteiger partial charge is 0.495 e. The molecular weight excluding hydrogens is 406 g/mol. The van der Waals surface area contributed by atoms with Crippen molar-refractivity contribution in [2.24, 2.45) is 0 Å². The number of hydrogen-bond acceptors (Lipinski definition) is 6. The zero-order valence-corrected chi connectivity index (χ0v) is 18.6. The fourth-order valence-electron chi connectivity index (χ4n) is 3.24. The third-order valence-corrected chi connectivity index (χ3v) is 5.02. The number of Topliss-reactive ketones (excluding diaryl/α,β-unsaturated/α-hetero) is 1. The molecule has 7 nitrogen and oxygen atoms in total. The number of nitrogens with one attached hydrogen (secondary N) is 1. The lowest BCUT2D eigenvalue weighted by Crippen LogP contribution is -2.30. The topological polar surface area (TPSA) is 112 Å². The molecule has 0 heterocycles. The molecule has 0 spiro atoms. The van der Waals surface area contributed by atoms with Gasteiger partial charge in [-0.3, -0.25) is 4.79 Å². The van der Waals surface area contributed by atoms with Gasteiger partial charge >= 0.3 is 6.09 Å². The molecule has 0 unspecified atom stereocenters. The molecule has 2 rings (SSSR count). The van der Waals surface area contributed by atoms with Crippen molar-refractivity contribution in [1.29, 1.82) is 10.5 Å². The lowest BCUT2D eigenvalue weighted by molar-refractivity contribution is -0.117. The molecule has 0 radical (unpaired) electrons. The molecule has 0 bridgehead atoms. The highest BCUT2D eigenvalue weighted by Gasteiger charge is 2.16. The maximum atomic E-state index is 12.6. The molecule has 0 aliphatic rings. The number of methoxy groups -OCH3 is 1. The lowest BCUT2D eigenvalue weighted by atomic mass is 9.99. The van der Waals surface area contributed by atoms with E-state index in [1.807, 2.05) is 44.2 Å². The molecule has 0 aliphatic heterocycles. The van der Waals surface area contributed by atoms with Crippen molar-refractivity contribution in [3.8, 4) is 17.9 Å². The van der Waals surface area contributed by atoms with E-state index in [1.54, 1.807) is 18.2 Å². The Balaban J connectivity index is 1.99. The molecule has 0 saturated carbocycles. The number of carbonyl (C=O) groups excluding carboxylic acids is 2. The highest BCUT2D eigenvalue weighted by molar-refractivity contribution is 5.83. The summed E-state index contributed by atoms with van der Waals surface area (Å²) in [6.07, 6.45) is 0.184. The number of hydrogen-bond donors (Lipinski definition) is 1. The average molecular weight is 434 g/mol. The molecule has 7 heteroatoms. The van der Waals surface area contributed by atoms with Crippen LogP contribution in [0.5, 0.6) is 5.75 Å². The highest BCUT2D eigenvalue weighted by atomic mass is 16.6. The number of benzene rings is 2. The van der Waals surface area contributed by atoms with Crippen LogP contribution in [0, 0.1) is 22.7 Å². The van der Waals surface area contributed by atoms with Crippen LogP contribution in [-0.2, 0) is 22.4 Å². The van der Waals surface area contributed by atoms with E-state index in [4.69, 9.17) is 20.0 Å². The van der Waals surface area contributed by atoms with Crippen molar-refractivity contribution in [3.05, 3.63) is 64.7 Å². The number of nitriles is 2. The van der Waals surface area contributed by atoms with Gasteiger partial charge in [0, 0.05) is 12.8 Å². The predicted molar refractivity (Wildman–Crippen MR) is 119 cm³/mol. The van der Waals surface area contributed by atoms with Crippen LogP contribution >= 0.6 is 0 Å². The quantitative estimate of drug-likeness (QED) is 0.594. The van der Waals surface area contributed by atoms with Crippen LogP contribution in [0.2, 0.25) is 0 Å². The normalized spacial score (nSPS) is 12.0. The smallest absolute Gasteiger partial charge is 0.407 e. The first-order chi connectivity index (χ1) is 15.4. The fourth-order valence-corrected chi connectivity index (χ4v) is 3.24. The van der Waals surface area contributed by atoms with E-state index in [9.17, 15) is 9.59 Å². The number of ether oxygens (including phenoxy) is 2. The van der Waals surface area contributed by atoms with Gasteiger partial charge in [0.15, 0.2) is 0 Å². The summed E-state index contributed by atoms with van der Waals surface area (Å²) < 4.78 is 10.5. The zero-order chi connectivity index (χ0) is 23.5. The van der Waals surface area contributed by atoms with Gasteiger partial charge in [0.05, 0.1) is 31.2 Å². The van der Waals surface area contributed by atoms with Crippen LogP contribution in [0.15, 0.2) is 42.5 Å². The Labute approximate surface area is 188 Å². The van der Waals surface area contributed by atoms with E-state index < -0.39 is 12.2 Å². The summed E-state index contributed by atoms with van der Waals surface area (Å²) in [5, 5.41) is 20.6. The van der Waals surface area contributed by atoms with E-state index in [-0.39, 0.29) is 31.1 Å². The van der Waals surface area contributed by atoms with Crippen molar-refractivity contribution < 1.29 is 19.1 Å². The highest BCUT2D eigenvalue weighted by Crippen LogP contribution is 2.21. The molecule has 1 amide bonds. The molecule has 0 aliphatic carbocycles. The summed E-state index contributed by atoms with van der Waals surface area (Å²) in [5.41, 5.74) is 2.89. The van der Waals surface area contributed by atoms with Crippen molar-refractivity contribution in [1.82, 2.24) is 5.32 Å². The molecule has 32 heavy (non-hydrogen) atoms. The van der Waals surface area contributed by atoms with Gasteiger partial charge in [-0.1, -0.05) is 37.3 Å². The first-order valence-corrected chi connectivity index (χ1v) is 10.4. The fraction of sp³-hybridized carbons (Fsp3) is 0.360. The van der Waals surface area contributed by atoms with Crippen molar-refractivity contribution >= 4 is 11.9 Å². The van der Waals surface area contributed by atoms with Crippen LogP contribution in [0.1, 0.15) is 55.0 Å². The maximum absolute atomic E-state index is 12.6. The van der Waals surface area contributed by atoms with Gasteiger partial charge in [-0.15, -0.1) is 0 Å². The van der Waals surface area contributed by atoms with Gasteiger partial charge in [0.25, 0.3) is 0 Å². The van der Waals surface area contributed by atoms with Crippen molar-refractivity contribution in [2.75, 3.05) is 7.11 Å². The zero-order valence-electron chi connectivity index (χ0n) is 18.6. The molecule has 0 fully saturated rings.